The monoisotopic (exact) mass is 385 g/mol. The second-order valence-electron chi connectivity index (χ2n) is 6.72. The molecule has 10 heteroatoms. The van der Waals surface area contributed by atoms with Crippen LogP contribution in [-0.4, -0.2) is 57.2 Å². The summed E-state index contributed by atoms with van der Waals surface area (Å²) >= 11 is 0. The van der Waals surface area contributed by atoms with Crippen molar-refractivity contribution in [1.29, 1.82) is 0 Å². The van der Waals surface area contributed by atoms with Crippen LogP contribution in [0.1, 0.15) is 19.3 Å². The van der Waals surface area contributed by atoms with Crippen LogP contribution >= 0.6 is 0 Å². The first-order chi connectivity index (χ1) is 12.3. The number of primary sulfonamides is 1. The van der Waals surface area contributed by atoms with Crippen molar-refractivity contribution < 1.29 is 22.8 Å². The number of hydrogen-bond donors (Lipinski definition) is 1. The van der Waals surface area contributed by atoms with Gasteiger partial charge in [-0.3, -0.25) is 15.0 Å². The number of nitrogens with zero attached hydrogens (tertiary/aromatic N) is 2. The van der Waals surface area contributed by atoms with Crippen molar-refractivity contribution in [3.05, 3.63) is 28.3 Å². The fourth-order valence-electron chi connectivity index (χ4n) is 3.62. The molecule has 1 saturated carbocycles. The molecular weight excluding hydrogens is 362 g/mol. The number of nitro benzene ring substituents is 1. The van der Waals surface area contributed by atoms with Gasteiger partial charge in [0.25, 0.3) is 0 Å². The molecule has 1 aliphatic carbocycles. The van der Waals surface area contributed by atoms with Crippen LogP contribution in [0.3, 0.4) is 0 Å². The summed E-state index contributed by atoms with van der Waals surface area (Å²) in [4.78, 5) is 12.7. The highest BCUT2D eigenvalue weighted by atomic mass is 32.2. The van der Waals surface area contributed by atoms with Gasteiger partial charge in [0.2, 0.25) is 10.0 Å². The van der Waals surface area contributed by atoms with Gasteiger partial charge < -0.3 is 9.47 Å². The van der Waals surface area contributed by atoms with Crippen molar-refractivity contribution in [2.24, 2.45) is 11.1 Å². The van der Waals surface area contributed by atoms with Crippen molar-refractivity contribution in [1.82, 2.24) is 4.90 Å². The highest BCUT2D eigenvalue weighted by Gasteiger charge is 2.31. The van der Waals surface area contributed by atoms with Gasteiger partial charge in [-0.2, -0.15) is 0 Å². The third kappa shape index (κ3) is 4.50. The summed E-state index contributed by atoms with van der Waals surface area (Å²) in [5.74, 6) is 0.387. The number of nitro groups is 1. The lowest BCUT2D eigenvalue weighted by Crippen LogP contribution is -2.42. The zero-order chi connectivity index (χ0) is 18.7. The van der Waals surface area contributed by atoms with Gasteiger partial charge >= 0.3 is 5.69 Å². The molecule has 2 unspecified atom stereocenters. The summed E-state index contributed by atoms with van der Waals surface area (Å²) in [6, 6.07) is 3.97. The predicted octanol–water partition coefficient (Wildman–Crippen LogP) is 1.12. The van der Waals surface area contributed by atoms with Crippen LogP contribution in [0.15, 0.2) is 23.1 Å². The first-order valence-electron chi connectivity index (χ1n) is 8.60. The third-order valence-electron chi connectivity index (χ3n) is 5.01. The van der Waals surface area contributed by atoms with Gasteiger partial charge in [-0.25, -0.2) is 13.6 Å². The summed E-state index contributed by atoms with van der Waals surface area (Å²) in [5, 5.41) is 16.3. The normalized spacial score (nSPS) is 24.5. The minimum atomic E-state index is -4.00. The molecular formula is C16H23N3O6S. The van der Waals surface area contributed by atoms with E-state index in [1.807, 2.05) is 0 Å². The van der Waals surface area contributed by atoms with E-state index in [1.54, 1.807) is 0 Å². The highest BCUT2D eigenvalue weighted by molar-refractivity contribution is 7.89. The maximum atomic E-state index is 11.4. The number of rotatable bonds is 6. The maximum Gasteiger partial charge on any atom is 0.312 e. The van der Waals surface area contributed by atoms with E-state index >= 15 is 0 Å². The molecule has 1 saturated heterocycles. The topological polar surface area (TPSA) is 125 Å². The van der Waals surface area contributed by atoms with E-state index in [1.165, 1.54) is 12.1 Å². The molecule has 144 valence electrons. The first kappa shape index (κ1) is 19.0. The molecule has 3 rings (SSSR count). The summed E-state index contributed by atoms with van der Waals surface area (Å²) in [7, 11) is -4.00. The fourth-order valence-corrected chi connectivity index (χ4v) is 4.15. The average molecular weight is 385 g/mol. The van der Waals surface area contributed by atoms with Gasteiger partial charge in [0, 0.05) is 25.2 Å². The van der Waals surface area contributed by atoms with Crippen LogP contribution in [0.5, 0.6) is 5.75 Å². The molecule has 0 amide bonds. The Kier molecular flexibility index (Phi) is 5.76. The van der Waals surface area contributed by atoms with Crippen LogP contribution in [0.4, 0.5) is 5.69 Å². The molecule has 1 aliphatic heterocycles. The lowest BCUT2D eigenvalue weighted by atomic mass is 10.1. The van der Waals surface area contributed by atoms with Crippen molar-refractivity contribution in [3.63, 3.8) is 0 Å². The average Bonchev–Trinajstić information content (AvgIpc) is 3.08. The molecule has 0 radical (unpaired) electrons. The standard InChI is InChI=1S/C16H23N3O6S/c17-26(22,23)14-3-4-16(15(10-14)19(20)21)25-11-12-1-2-13(9-12)18-5-7-24-8-6-18/h3-4,10,12-13H,1-2,5-9,11H2,(H2,17,22,23). The summed E-state index contributed by atoms with van der Waals surface area (Å²) in [6.45, 7) is 3.79. The van der Waals surface area contributed by atoms with E-state index in [4.69, 9.17) is 14.6 Å². The molecule has 2 N–H and O–H groups in total. The molecule has 1 heterocycles. The molecule has 2 atom stereocenters. The lowest BCUT2D eigenvalue weighted by molar-refractivity contribution is -0.386. The van der Waals surface area contributed by atoms with E-state index in [0.717, 1.165) is 51.6 Å². The lowest BCUT2D eigenvalue weighted by Gasteiger charge is -2.32. The summed E-state index contributed by atoms with van der Waals surface area (Å²) in [6.07, 6.45) is 3.08. The van der Waals surface area contributed by atoms with Crippen LogP contribution in [-0.2, 0) is 14.8 Å². The molecule has 2 fully saturated rings. The van der Waals surface area contributed by atoms with E-state index in [9.17, 15) is 18.5 Å². The fraction of sp³-hybridized carbons (Fsp3) is 0.625. The molecule has 0 bridgehead atoms. The Balaban J connectivity index is 1.62. The Morgan fingerprint density at radius 1 is 1.31 bits per heavy atom. The number of ether oxygens (including phenoxy) is 2. The Morgan fingerprint density at radius 3 is 2.69 bits per heavy atom. The number of nitrogens with two attached hydrogens (primary N) is 1. The maximum absolute atomic E-state index is 11.4. The Morgan fingerprint density at radius 2 is 2.04 bits per heavy atom. The molecule has 0 spiro atoms. The minimum Gasteiger partial charge on any atom is -0.487 e. The third-order valence-corrected chi connectivity index (χ3v) is 5.92. The van der Waals surface area contributed by atoms with Gasteiger partial charge in [-0.1, -0.05) is 0 Å². The molecule has 2 aliphatic rings. The molecule has 1 aromatic rings. The minimum absolute atomic E-state index is 0.0669. The van der Waals surface area contributed by atoms with Gasteiger partial charge in [0.05, 0.1) is 29.6 Å². The smallest absolute Gasteiger partial charge is 0.312 e. The van der Waals surface area contributed by atoms with Gasteiger partial charge in [0.15, 0.2) is 5.75 Å². The van der Waals surface area contributed by atoms with E-state index < -0.39 is 14.9 Å². The second kappa shape index (κ2) is 7.87. The van der Waals surface area contributed by atoms with Crippen molar-refractivity contribution in [2.45, 2.75) is 30.2 Å². The van der Waals surface area contributed by atoms with Crippen molar-refractivity contribution in [3.8, 4) is 5.75 Å². The van der Waals surface area contributed by atoms with E-state index in [0.29, 0.717) is 18.6 Å². The van der Waals surface area contributed by atoms with Gasteiger partial charge in [-0.15, -0.1) is 0 Å². The zero-order valence-corrected chi connectivity index (χ0v) is 15.2. The number of benzene rings is 1. The SMILES string of the molecule is NS(=O)(=O)c1ccc(OCC2CCC(N3CCOCC3)C2)c([N+](=O)[O-])c1. The second-order valence-corrected chi connectivity index (χ2v) is 8.29. The van der Waals surface area contributed by atoms with E-state index in [2.05, 4.69) is 4.90 Å². The van der Waals surface area contributed by atoms with Gasteiger partial charge in [0.1, 0.15) is 0 Å². The van der Waals surface area contributed by atoms with Crippen LogP contribution in [0, 0.1) is 16.0 Å². The number of morpholine rings is 1. The van der Waals surface area contributed by atoms with Crippen LogP contribution < -0.4 is 9.88 Å². The van der Waals surface area contributed by atoms with Crippen LogP contribution in [0.2, 0.25) is 0 Å². The van der Waals surface area contributed by atoms with Crippen molar-refractivity contribution in [2.75, 3.05) is 32.9 Å². The predicted molar refractivity (Wildman–Crippen MR) is 93.5 cm³/mol. The zero-order valence-electron chi connectivity index (χ0n) is 14.4. The number of sulfonamides is 1. The van der Waals surface area contributed by atoms with Crippen LogP contribution in [0.25, 0.3) is 0 Å². The number of hydrogen-bond acceptors (Lipinski definition) is 7. The summed E-state index contributed by atoms with van der Waals surface area (Å²) in [5.41, 5.74) is -0.390. The van der Waals surface area contributed by atoms with Crippen molar-refractivity contribution >= 4 is 15.7 Å². The van der Waals surface area contributed by atoms with E-state index in [-0.39, 0.29) is 16.3 Å². The molecule has 9 nitrogen and oxygen atoms in total. The quantitative estimate of drug-likeness (QED) is 0.574. The Bertz CT molecular complexity index is 763. The molecule has 26 heavy (non-hydrogen) atoms. The van der Waals surface area contributed by atoms with Gasteiger partial charge in [-0.05, 0) is 37.3 Å². The highest BCUT2D eigenvalue weighted by Crippen LogP contribution is 2.33. The summed E-state index contributed by atoms with van der Waals surface area (Å²) < 4.78 is 33.8. The molecule has 1 aromatic carbocycles. The molecule has 0 aromatic heterocycles. The largest absolute Gasteiger partial charge is 0.487 e. The Labute approximate surface area is 152 Å². The first-order valence-corrected chi connectivity index (χ1v) is 10.1. The Hall–Kier alpha value is -1.75.